The Labute approximate surface area is 111 Å². The Hall–Kier alpha value is -0.910. The third-order valence-electron chi connectivity index (χ3n) is 3.82. The van der Waals surface area contributed by atoms with Crippen molar-refractivity contribution in [3.05, 3.63) is 27.9 Å². The highest BCUT2D eigenvalue weighted by molar-refractivity contribution is 6.29. The Kier molecular flexibility index (Phi) is 3.49. The van der Waals surface area contributed by atoms with Crippen LogP contribution in [-0.2, 0) is 6.54 Å². The van der Waals surface area contributed by atoms with E-state index in [0.717, 1.165) is 13.1 Å². The SMILES string of the molecule is CC1(C)CNCCC1(O)Cn1cnc(Cl)cc1=O. The van der Waals surface area contributed by atoms with Crippen molar-refractivity contribution >= 4 is 11.6 Å². The lowest BCUT2D eigenvalue weighted by atomic mass is 9.70. The summed E-state index contributed by atoms with van der Waals surface area (Å²) in [4.78, 5) is 15.7. The Morgan fingerprint density at radius 2 is 2.33 bits per heavy atom. The lowest BCUT2D eigenvalue weighted by Gasteiger charge is -2.46. The number of nitrogens with one attached hydrogen (secondary N) is 1. The lowest BCUT2D eigenvalue weighted by molar-refractivity contribution is -0.0999. The van der Waals surface area contributed by atoms with Gasteiger partial charge in [-0.25, -0.2) is 4.98 Å². The van der Waals surface area contributed by atoms with Gasteiger partial charge in [0.1, 0.15) is 5.15 Å². The Balaban J connectivity index is 2.29. The largest absolute Gasteiger partial charge is 0.387 e. The van der Waals surface area contributed by atoms with E-state index in [1.807, 2.05) is 13.8 Å². The first-order valence-electron chi connectivity index (χ1n) is 5.99. The van der Waals surface area contributed by atoms with Gasteiger partial charge in [0.25, 0.3) is 5.56 Å². The normalized spacial score (nSPS) is 27.1. The summed E-state index contributed by atoms with van der Waals surface area (Å²) in [6, 6.07) is 1.26. The average Bonchev–Trinajstić information content (AvgIpc) is 2.27. The first-order valence-corrected chi connectivity index (χ1v) is 6.37. The molecular formula is C12H18ClN3O2. The van der Waals surface area contributed by atoms with Gasteiger partial charge in [-0.1, -0.05) is 25.4 Å². The third-order valence-corrected chi connectivity index (χ3v) is 4.03. The molecule has 0 aliphatic carbocycles. The fourth-order valence-electron chi connectivity index (χ4n) is 2.30. The molecule has 5 nitrogen and oxygen atoms in total. The molecule has 1 aromatic heterocycles. The van der Waals surface area contributed by atoms with Gasteiger partial charge in [0.15, 0.2) is 0 Å². The van der Waals surface area contributed by atoms with E-state index in [1.165, 1.54) is 17.0 Å². The minimum atomic E-state index is -0.919. The molecule has 1 aliphatic rings. The van der Waals surface area contributed by atoms with Crippen molar-refractivity contribution in [3.8, 4) is 0 Å². The number of halogens is 1. The van der Waals surface area contributed by atoms with Crippen molar-refractivity contribution < 1.29 is 5.11 Å². The molecule has 6 heteroatoms. The molecule has 1 aliphatic heterocycles. The molecule has 1 atom stereocenters. The molecule has 0 spiro atoms. The minimum absolute atomic E-state index is 0.174. The van der Waals surface area contributed by atoms with Gasteiger partial charge in [-0.05, 0) is 13.0 Å². The van der Waals surface area contributed by atoms with Gasteiger partial charge in [-0.15, -0.1) is 0 Å². The molecule has 0 amide bonds. The molecule has 1 unspecified atom stereocenters. The van der Waals surface area contributed by atoms with Gasteiger partial charge in [-0.3, -0.25) is 9.36 Å². The number of hydrogen-bond acceptors (Lipinski definition) is 4. The van der Waals surface area contributed by atoms with Gasteiger partial charge in [0, 0.05) is 18.0 Å². The summed E-state index contributed by atoms with van der Waals surface area (Å²) in [6.07, 6.45) is 2.00. The second-order valence-corrected chi connectivity index (χ2v) is 5.91. The molecule has 0 radical (unpaired) electrons. The molecule has 0 bridgehead atoms. The maximum absolute atomic E-state index is 11.8. The van der Waals surface area contributed by atoms with Crippen LogP contribution in [0, 0.1) is 5.41 Å². The number of piperidine rings is 1. The molecule has 1 fully saturated rings. The third kappa shape index (κ3) is 2.43. The standard InChI is InChI=1S/C12H18ClN3O2/c1-11(2)6-14-4-3-12(11,18)7-16-8-15-9(13)5-10(16)17/h5,8,14,18H,3-4,6-7H2,1-2H3. The molecule has 18 heavy (non-hydrogen) atoms. The van der Waals surface area contributed by atoms with E-state index in [2.05, 4.69) is 10.3 Å². The molecule has 2 rings (SSSR count). The summed E-state index contributed by atoms with van der Waals surface area (Å²) in [5, 5.41) is 14.2. The van der Waals surface area contributed by atoms with Crippen LogP contribution in [0.1, 0.15) is 20.3 Å². The van der Waals surface area contributed by atoms with Crippen LogP contribution in [0.3, 0.4) is 0 Å². The van der Waals surface area contributed by atoms with E-state index in [1.54, 1.807) is 0 Å². The monoisotopic (exact) mass is 271 g/mol. The van der Waals surface area contributed by atoms with Crippen molar-refractivity contribution in [2.75, 3.05) is 13.1 Å². The highest BCUT2D eigenvalue weighted by Crippen LogP contribution is 2.36. The van der Waals surface area contributed by atoms with Gasteiger partial charge in [0.2, 0.25) is 0 Å². The van der Waals surface area contributed by atoms with E-state index in [-0.39, 0.29) is 22.7 Å². The van der Waals surface area contributed by atoms with Crippen LogP contribution in [-0.4, -0.2) is 33.3 Å². The number of aromatic nitrogens is 2. The van der Waals surface area contributed by atoms with Gasteiger partial charge < -0.3 is 10.4 Å². The number of hydrogen-bond donors (Lipinski definition) is 2. The Morgan fingerprint density at radius 1 is 1.61 bits per heavy atom. The zero-order valence-electron chi connectivity index (χ0n) is 10.6. The Bertz CT molecular complexity index is 500. The van der Waals surface area contributed by atoms with Crippen molar-refractivity contribution in [1.29, 1.82) is 0 Å². The van der Waals surface area contributed by atoms with E-state index in [4.69, 9.17) is 11.6 Å². The molecule has 2 heterocycles. The summed E-state index contributed by atoms with van der Waals surface area (Å²) in [5.41, 5.74) is -1.46. The Morgan fingerprint density at radius 3 is 2.94 bits per heavy atom. The topological polar surface area (TPSA) is 67.2 Å². The van der Waals surface area contributed by atoms with E-state index in [0.29, 0.717) is 6.42 Å². The van der Waals surface area contributed by atoms with Crippen molar-refractivity contribution in [2.45, 2.75) is 32.4 Å². The van der Waals surface area contributed by atoms with Crippen molar-refractivity contribution in [3.63, 3.8) is 0 Å². The van der Waals surface area contributed by atoms with E-state index in [9.17, 15) is 9.90 Å². The predicted octanol–water partition coefficient (Wildman–Crippen LogP) is 0.647. The zero-order chi connectivity index (χ0) is 13.4. The predicted molar refractivity (Wildman–Crippen MR) is 69.7 cm³/mol. The summed E-state index contributed by atoms with van der Waals surface area (Å²) < 4.78 is 1.42. The van der Waals surface area contributed by atoms with Gasteiger partial charge in [-0.2, -0.15) is 0 Å². The zero-order valence-corrected chi connectivity index (χ0v) is 11.4. The lowest BCUT2D eigenvalue weighted by Crippen LogP contribution is -2.58. The molecule has 0 saturated carbocycles. The van der Waals surface area contributed by atoms with Gasteiger partial charge >= 0.3 is 0 Å². The van der Waals surface area contributed by atoms with E-state index >= 15 is 0 Å². The molecule has 1 saturated heterocycles. The number of rotatable bonds is 2. The highest BCUT2D eigenvalue weighted by Gasteiger charge is 2.45. The summed E-state index contributed by atoms with van der Waals surface area (Å²) >= 11 is 5.65. The maximum Gasteiger partial charge on any atom is 0.254 e. The first-order chi connectivity index (χ1) is 8.34. The second kappa shape index (κ2) is 4.64. The smallest absolute Gasteiger partial charge is 0.254 e. The average molecular weight is 272 g/mol. The van der Waals surface area contributed by atoms with Crippen molar-refractivity contribution in [2.24, 2.45) is 5.41 Å². The summed E-state index contributed by atoms with van der Waals surface area (Å²) in [6.45, 7) is 5.70. The highest BCUT2D eigenvalue weighted by atomic mass is 35.5. The molecule has 2 N–H and O–H groups in total. The molecular weight excluding hydrogens is 254 g/mol. The summed E-state index contributed by atoms with van der Waals surface area (Å²) in [7, 11) is 0. The second-order valence-electron chi connectivity index (χ2n) is 5.52. The number of nitrogens with zero attached hydrogens (tertiary/aromatic N) is 2. The van der Waals surface area contributed by atoms with Crippen LogP contribution in [0.2, 0.25) is 5.15 Å². The molecule has 0 aromatic carbocycles. The maximum atomic E-state index is 11.8. The quantitative estimate of drug-likeness (QED) is 0.775. The first kappa shape index (κ1) is 13.5. The molecule has 100 valence electrons. The summed E-state index contributed by atoms with van der Waals surface area (Å²) in [5.74, 6) is 0. The van der Waals surface area contributed by atoms with Crippen LogP contribution in [0.25, 0.3) is 0 Å². The van der Waals surface area contributed by atoms with Gasteiger partial charge in [0.05, 0.1) is 18.5 Å². The number of aliphatic hydroxyl groups is 1. The van der Waals surface area contributed by atoms with E-state index < -0.39 is 5.60 Å². The van der Waals surface area contributed by atoms with Crippen LogP contribution < -0.4 is 10.9 Å². The fourth-order valence-corrected chi connectivity index (χ4v) is 2.43. The van der Waals surface area contributed by atoms with Crippen LogP contribution >= 0.6 is 11.6 Å². The van der Waals surface area contributed by atoms with Crippen LogP contribution in [0.4, 0.5) is 0 Å². The van der Waals surface area contributed by atoms with Crippen LogP contribution in [0.15, 0.2) is 17.2 Å². The molecule has 1 aromatic rings. The minimum Gasteiger partial charge on any atom is -0.387 e. The van der Waals surface area contributed by atoms with Crippen LogP contribution in [0.5, 0.6) is 0 Å². The fraction of sp³-hybridized carbons (Fsp3) is 0.667. The van der Waals surface area contributed by atoms with Crippen molar-refractivity contribution in [1.82, 2.24) is 14.9 Å².